The van der Waals surface area contributed by atoms with Gasteiger partial charge in [-0.15, -0.1) is 0 Å². The Kier molecular flexibility index (Phi) is 5.30. The molecule has 0 unspecified atom stereocenters. The molecule has 3 nitrogen and oxygen atoms in total. The molecular formula is C12H18N2O. The third kappa shape index (κ3) is 5.05. The summed E-state index contributed by atoms with van der Waals surface area (Å²) in [5, 5.41) is 0. The molecule has 3 heteroatoms. The summed E-state index contributed by atoms with van der Waals surface area (Å²) in [7, 11) is 0. The Hall–Kier alpha value is -1.51. The van der Waals surface area contributed by atoms with Crippen molar-refractivity contribution in [2.45, 2.75) is 19.3 Å². The highest BCUT2D eigenvalue weighted by molar-refractivity contribution is 4.89. The Bertz CT molecular complexity index is 309. The molecule has 1 saturated heterocycles. The first-order valence-electron chi connectivity index (χ1n) is 5.33. The van der Waals surface area contributed by atoms with Gasteiger partial charge in [0.05, 0.1) is 0 Å². The standard InChI is InChI=1S/C7H13N.C5H5NO/c1-2-8-6-4-3-5-7-8;7-5-3-1-2-4-6-5/h2H,1,3-7H2;1-4H,(H,6,7). The van der Waals surface area contributed by atoms with E-state index in [4.69, 9.17) is 0 Å². The van der Waals surface area contributed by atoms with Crippen LogP contribution in [0.5, 0.6) is 0 Å². The molecule has 0 aromatic carbocycles. The molecule has 1 aliphatic rings. The van der Waals surface area contributed by atoms with Crippen molar-refractivity contribution in [3.05, 3.63) is 47.5 Å². The van der Waals surface area contributed by atoms with Crippen LogP contribution in [0.25, 0.3) is 0 Å². The maximum atomic E-state index is 10.2. The van der Waals surface area contributed by atoms with E-state index in [2.05, 4.69) is 16.5 Å². The predicted octanol–water partition coefficient (Wildman–Crippen LogP) is 1.99. The molecule has 0 spiro atoms. The van der Waals surface area contributed by atoms with Gasteiger partial charge < -0.3 is 9.88 Å². The maximum absolute atomic E-state index is 10.2. The molecule has 2 heterocycles. The van der Waals surface area contributed by atoms with Crippen molar-refractivity contribution in [1.29, 1.82) is 0 Å². The summed E-state index contributed by atoms with van der Waals surface area (Å²) in [6.07, 6.45) is 7.66. The van der Waals surface area contributed by atoms with Gasteiger partial charge in [0.2, 0.25) is 5.56 Å². The van der Waals surface area contributed by atoms with Crippen molar-refractivity contribution in [3.63, 3.8) is 0 Å². The number of likely N-dealkylation sites (tertiary alicyclic amines) is 1. The molecule has 1 fully saturated rings. The molecular weight excluding hydrogens is 188 g/mol. The smallest absolute Gasteiger partial charge is 0.247 e. The highest BCUT2D eigenvalue weighted by Crippen LogP contribution is 2.07. The van der Waals surface area contributed by atoms with Gasteiger partial charge in [-0.05, 0) is 31.5 Å². The second-order valence-electron chi connectivity index (χ2n) is 3.51. The maximum Gasteiger partial charge on any atom is 0.247 e. The van der Waals surface area contributed by atoms with E-state index in [0.717, 1.165) is 0 Å². The van der Waals surface area contributed by atoms with Gasteiger partial charge in [0.15, 0.2) is 0 Å². The zero-order chi connectivity index (χ0) is 10.9. The molecule has 1 N–H and O–H groups in total. The number of aromatic amines is 1. The fraction of sp³-hybridized carbons (Fsp3) is 0.417. The molecule has 0 amide bonds. The minimum atomic E-state index is -0.0532. The van der Waals surface area contributed by atoms with Crippen LogP contribution in [0, 0.1) is 0 Å². The van der Waals surface area contributed by atoms with Gasteiger partial charge in [-0.3, -0.25) is 4.79 Å². The van der Waals surface area contributed by atoms with Crippen molar-refractivity contribution in [3.8, 4) is 0 Å². The van der Waals surface area contributed by atoms with Crippen LogP contribution in [-0.4, -0.2) is 23.0 Å². The Morgan fingerprint density at radius 3 is 2.33 bits per heavy atom. The van der Waals surface area contributed by atoms with Crippen LogP contribution in [0.4, 0.5) is 0 Å². The van der Waals surface area contributed by atoms with Crippen molar-refractivity contribution in [2.75, 3.05) is 13.1 Å². The fourth-order valence-corrected chi connectivity index (χ4v) is 1.48. The van der Waals surface area contributed by atoms with E-state index in [1.807, 2.05) is 6.20 Å². The first-order valence-corrected chi connectivity index (χ1v) is 5.33. The number of aromatic nitrogens is 1. The number of H-pyrrole nitrogens is 1. The lowest BCUT2D eigenvalue weighted by Crippen LogP contribution is -2.23. The van der Waals surface area contributed by atoms with Crippen LogP contribution in [-0.2, 0) is 0 Å². The van der Waals surface area contributed by atoms with Crippen LogP contribution < -0.4 is 5.56 Å². The van der Waals surface area contributed by atoms with Crippen molar-refractivity contribution < 1.29 is 0 Å². The summed E-state index contributed by atoms with van der Waals surface area (Å²) in [6.45, 7) is 6.16. The van der Waals surface area contributed by atoms with E-state index in [1.165, 1.54) is 38.4 Å². The van der Waals surface area contributed by atoms with Gasteiger partial charge >= 0.3 is 0 Å². The average Bonchev–Trinajstić information content (AvgIpc) is 2.32. The molecule has 0 bridgehead atoms. The number of nitrogens with one attached hydrogen (secondary N) is 1. The Labute approximate surface area is 90.4 Å². The van der Waals surface area contributed by atoms with E-state index < -0.39 is 0 Å². The minimum absolute atomic E-state index is 0.0532. The van der Waals surface area contributed by atoms with Gasteiger partial charge in [-0.25, -0.2) is 0 Å². The number of rotatable bonds is 1. The average molecular weight is 206 g/mol. The molecule has 0 saturated carbocycles. The van der Waals surface area contributed by atoms with Gasteiger partial charge in [0.25, 0.3) is 0 Å². The van der Waals surface area contributed by atoms with Crippen LogP contribution in [0.1, 0.15) is 19.3 Å². The predicted molar refractivity (Wildman–Crippen MR) is 62.7 cm³/mol. The minimum Gasteiger partial charge on any atom is -0.378 e. The zero-order valence-corrected chi connectivity index (χ0v) is 8.98. The van der Waals surface area contributed by atoms with Gasteiger partial charge in [-0.1, -0.05) is 12.6 Å². The topological polar surface area (TPSA) is 36.1 Å². The second-order valence-corrected chi connectivity index (χ2v) is 3.51. The Morgan fingerprint density at radius 2 is 2.00 bits per heavy atom. The molecule has 1 aromatic rings. The molecule has 1 aromatic heterocycles. The monoisotopic (exact) mass is 206 g/mol. The first-order chi connectivity index (χ1) is 7.33. The highest BCUT2D eigenvalue weighted by atomic mass is 16.1. The third-order valence-electron chi connectivity index (χ3n) is 2.33. The zero-order valence-electron chi connectivity index (χ0n) is 8.98. The number of piperidine rings is 1. The Morgan fingerprint density at radius 1 is 1.27 bits per heavy atom. The quantitative estimate of drug-likeness (QED) is 0.762. The Balaban J connectivity index is 0.000000151. The molecule has 0 radical (unpaired) electrons. The van der Waals surface area contributed by atoms with Gasteiger partial charge in [-0.2, -0.15) is 0 Å². The van der Waals surface area contributed by atoms with Crippen molar-refractivity contribution >= 4 is 0 Å². The number of nitrogens with zero attached hydrogens (tertiary/aromatic N) is 1. The van der Waals surface area contributed by atoms with E-state index >= 15 is 0 Å². The summed E-state index contributed by atoms with van der Waals surface area (Å²) < 4.78 is 0. The van der Waals surface area contributed by atoms with Crippen LogP contribution >= 0.6 is 0 Å². The highest BCUT2D eigenvalue weighted by Gasteiger charge is 2.03. The van der Waals surface area contributed by atoms with Gasteiger partial charge in [0, 0.05) is 25.4 Å². The summed E-state index contributed by atoms with van der Waals surface area (Å²) in [4.78, 5) is 15.0. The van der Waals surface area contributed by atoms with Crippen LogP contribution in [0.15, 0.2) is 42.0 Å². The number of pyridine rings is 1. The molecule has 0 aliphatic carbocycles. The summed E-state index contributed by atoms with van der Waals surface area (Å²) in [5.74, 6) is 0. The number of hydrogen-bond donors (Lipinski definition) is 1. The summed E-state index contributed by atoms with van der Waals surface area (Å²) >= 11 is 0. The molecule has 82 valence electrons. The van der Waals surface area contributed by atoms with E-state index in [0.29, 0.717) is 0 Å². The van der Waals surface area contributed by atoms with Crippen LogP contribution in [0.3, 0.4) is 0 Å². The van der Waals surface area contributed by atoms with Crippen LogP contribution in [0.2, 0.25) is 0 Å². The molecule has 1 aliphatic heterocycles. The lowest BCUT2D eigenvalue weighted by Gasteiger charge is -2.23. The van der Waals surface area contributed by atoms with E-state index in [-0.39, 0.29) is 5.56 Å². The summed E-state index contributed by atoms with van der Waals surface area (Å²) in [5.41, 5.74) is -0.0532. The van der Waals surface area contributed by atoms with Crippen molar-refractivity contribution in [2.24, 2.45) is 0 Å². The lowest BCUT2D eigenvalue weighted by molar-refractivity contribution is 0.310. The molecule has 15 heavy (non-hydrogen) atoms. The molecule has 2 rings (SSSR count). The first kappa shape index (κ1) is 11.6. The molecule has 0 atom stereocenters. The summed E-state index contributed by atoms with van der Waals surface area (Å²) in [6, 6.07) is 4.93. The fourth-order valence-electron chi connectivity index (χ4n) is 1.48. The largest absolute Gasteiger partial charge is 0.378 e. The normalized spacial score (nSPS) is 15.1. The third-order valence-corrected chi connectivity index (χ3v) is 2.33. The van der Waals surface area contributed by atoms with Gasteiger partial charge in [0.1, 0.15) is 0 Å². The van der Waals surface area contributed by atoms with E-state index in [9.17, 15) is 4.79 Å². The number of hydrogen-bond acceptors (Lipinski definition) is 2. The van der Waals surface area contributed by atoms with E-state index in [1.54, 1.807) is 18.3 Å². The SMILES string of the molecule is C=CN1CCCCC1.O=c1cccc[nH]1. The van der Waals surface area contributed by atoms with Crippen molar-refractivity contribution in [1.82, 2.24) is 9.88 Å². The second kappa shape index (κ2) is 6.87. The lowest BCUT2D eigenvalue weighted by atomic mass is 10.1.